The SMILES string of the molecule is COc1cc(C)c2nccn2c1C(C)C. The van der Waals surface area contributed by atoms with Crippen LogP contribution in [0.25, 0.3) is 5.65 Å². The summed E-state index contributed by atoms with van der Waals surface area (Å²) in [5.74, 6) is 1.35. The van der Waals surface area contributed by atoms with Crippen LogP contribution in [0, 0.1) is 6.92 Å². The first-order chi connectivity index (χ1) is 7.15. The van der Waals surface area contributed by atoms with E-state index in [-0.39, 0.29) is 0 Å². The Hall–Kier alpha value is -1.51. The third-order valence-corrected chi connectivity index (χ3v) is 2.62. The molecule has 0 aliphatic carbocycles. The number of fused-ring (bicyclic) bond motifs is 1. The topological polar surface area (TPSA) is 26.5 Å². The van der Waals surface area contributed by atoms with Crippen molar-refractivity contribution in [2.75, 3.05) is 7.11 Å². The summed E-state index contributed by atoms with van der Waals surface area (Å²) in [6.45, 7) is 6.37. The minimum atomic E-state index is 0.414. The molecule has 2 aromatic rings. The van der Waals surface area contributed by atoms with E-state index in [2.05, 4.69) is 36.2 Å². The minimum absolute atomic E-state index is 0.414. The van der Waals surface area contributed by atoms with Gasteiger partial charge in [0.2, 0.25) is 0 Å². The average molecular weight is 204 g/mol. The van der Waals surface area contributed by atoms with Crippen LogP contribution in [0.2, 0.25) is 0 Å². The Kier molecular flexibility index (Phi) is 2.39. The summed E-state index contributed by atoms with van der Waals surface area (Å²) in [4.78, 5) is 4.34. The lowest BCUT2D eigenvalue weighted by Crippen LogP contribution is -2.03. The Bertz CT molecular complexity index is 486. The van der Waals surface area contributed by atoms with Crippen LogP contribution in [0.4, 0.5) is 0 Å². The molecule has 2 rings (SSSR count). The van der Waals surface area contributed by atoms with Gasteiger partial charge >= 0.3 is 0 Å². The summed E-state index contributed by atoms with van der Waals surface area (Å²) in [6.07, 6.45) is 3.81. The molecule has 80 valence electrons. The number of imidazole rings is 1. The van der Waals surface area contributed by atoms with Crippen LogP contribution in [-0.2, 0) is 0 Å². The van der Waals surface area contributed by atoms with Crippen molar-refractivity contribution in [3.63, 3.8) is 0 Å². The highest BCUT2D eigenvalue weighted by Crippen LogP contribution is 2.29. The summed E-state index contributed by atoms with van der Waals surface area (Å²) in [5, 5.41) is 0. The molecule has 0 aliphatic rings. The highest BCUT2D eigenvalue weighted by molar-refractivity contribution is 5.53. The Labute approximate surface area is 89.7 Å². The van der Waals surface area contributed by atoms with Crippen molar-refractivity contribution in [3.05, 3.63) is 29.7 Å². The van der Waals surface area contributed by atoms with Crippen molar-refractivity contribution in [1.29, 1.82) is 0 Å². The molecule has 3 heteroatoms. The molecule has 0 amide bonds. The van der Waals surface area contributed by atoms with E-state index in [0.29, 0.717) is 5.92 Å². The van der Waals surface area contributed by atoms with Crippen molar-refractivity contribution in [1.82, 2.24) is 9.38 Å². The highest BCUT2D eigenvalue weighted by Gasteiger charge is 2.13. The van der Waals surface area contributed by atoms with Gasteiger partial charge in [0, 0.05) is 12.4 Å². The number of pyridine rings is 1. The van der Waals surface area contributed by atoms with Crippen LogP contribution >= 0.6 is 0 Å². The first kappa shape index (κ1) is 10.0. The predicted octanol–water partition coefficient (Wildman–Crippen LogP) is 2.77. The van der Waals surface area contributed by atoms with Crippen molar-refractivity contribution in [2.45, 2.75) is 26.7 Å². The van der Waals surface area contributed by atoms with E-state index in [4.69, 9.17) is 4.74 Å². The first-order valence-electron chi connectivity index (χ1n) is 5.15. The maximum absolute atomic E-state index is 5.42. The lowest BCUT2D eigenvalue weighted by atomic mass is 10.1. The van der Waals surface area contributed by atoms with Crippen molar-refractivity contribution in [3.8, 4) is 5.75 Å². The molecule has 0 radical (unpaired) electrons. The van der Waals surface area contributed by atoms with Crippen LogP contribution in [0.15, 0.2) is 18.5 Å². The second-order valence-electron chi connectivity index (χ2n) is 4.06. The smallest absolute Gasteiger partial charge is 0.140 e. The number of aryl methyl sites for hydroxylation is 1. The second-order valence-corrected chi connectivity index (χ2v) is 4.06. The number of rotatable bonds is 2. The minimum Gasteiger partial charge on any atom is -0.495 e. The number of methoxy groups -OCH3 is 1. The highest BCUT2D eigenvalue weighted by atomic mass is 16.5. The van der Waals surface area contributed by atoms with Crippen LogP contribution in [-0.4, -0.2) is 16.5 Å². The monoisotopic (exact) mass is 204 g/mol. The number of nitrogens with zero attached hydrogens (tertiary/aromatic N) is 2. The average Bonchev–Trinajstić information content (AvgIpc) is 2.65. The molecule has 0 atom stereocenters. The summed E-state index contributed by atoms with van der Waals surface area (Å²) in [7, 11) is 1.71. The molecule has 15 heavy (non-hydrogen) atoms. The standard InChI is InChI=1S/C12H16N2O/c1-8(2)11-10(15-4)7-9(3)12-13-5-6-14(11)12/h5-8H,1-4H3. The maximum atomic E-state index is 5.42. The summed E-state index contributed by atoms with van der Waals surface area (Å²) < 4.78 is 7.53. The van der Waals surface area contributed by atoms with Gasteiger partial charge in [-0.1, -0.05) is 13.8 Å². The first-order valence-corrected chi connectivity index (χ1v) is 5.15. The van der Waals surface area contributed by atoms with Crippen LogP contribution in [0.5, 0.6) is 5.75 Å². The number of ether oxygens (including phenoxy) is 1. The Morgan fingerprint density at radius 2 is 2.13 bits per heavy atom. The van der Waals surface area contributed by atoms with Gasteiger partial charge in [-0.15, -0.1) is 0 Å². The molecule has 0 N–H and O–H groups in total. The second kappa shape index (κ2) is 3.57. The van der Waals surface area contributed by atoms with Gasteiger partial charge in [0.15, 0.2) is 0 Å². The molecule has 0 spiro atoms. The van der Waals surface area contributed by atoms with E-state index in [1.807, 2.05) is 12.4 Å². The Balaban J connectivity index is 2.83. The molecule has 0 saturated heterocycles. The molecular formula is C12H16N2O. The predicted molar refractivity (Wildman–Crippen MR) is 60.6 cm³/mol. The number of hydrogen-bond donors (Lipinski definition) is 0. The molecule has 0 unspecified atom stereocenters. The van der Waals surface area contributed by atoms with Crippen LogP contribution in [0.1, 0.15) is 31.0 Å². The van der Waals surface area contributed by atoms with E-state index in [1.54, 1.807) is 7.11 Å². The summed E-state index contributed by atoms with van der Waals surface area (Å²) in [6, 6.07) is 2.05. The molecule has 2 aromatic heterocycles. The van der Waals surface area contributed by atoms with Gasteiger partial charge in [0.1, 0.15) is 11.4 Å². The molecule has 0 bridgehead atoms. The molecule has 3 nitrogen and oxygen atoms in total. The van der Waals surface area contributed by atoms with Gasteiger partial charge in [0.25, 0.3) is 0 Å². The van der Waals surface area contributed by atoms with E-state index in [1.165, 1.54) is 5.69 Å². The normalized spacial score (nSPS) is 11.3. The molecule has 0 fully saturated rings. The molecule has 0 aromatic carbocycles. The zero-order chi connectivity index (χ0) is 11.0. The molecule has 2 heterocycles. The van der Waals surface area contributed by atoms with Crippen molar-refractivity contribution >= 4 is 5.65 Å². The van der Waals surface area contributed by atoms with Crippen LogP contribution < -0.4 is 4.74 Å². The third-order valence-electron chi connectivity index (χ3n) is 2.62. The zero-order valence-electron chi connectivity index (χ0n) is 9.61. The van der Waals surface area contributed by atoms with E-state index in [9.17, 15) is 0 Å². The van der Waals surface area contributed by atoms with Gasteiger partial charge < -0.3 is 4.74 Å². The number of hydrogen-bond acceptors (Lipinski definition) is 2. The molecular weight excluding hydrogens is 188 g/mol. The largest absolute Gasteiger partial charge is 0.495 e. The quantitative estimate of drug-likeness (QED) is 0.752. The Morgan fingerprint density at radius 1 is 1.40 bits per heavy atom. The van der Waals surface area contributed by atoms with Gasteiger partial charge in [-0.25, -0.2) is 4.98 Å². The fourth-order valence-electron chi connectivity index (χ4n) is 1.97. The van der Waals surface area contributed by atoms with Gasteiger partial charge in [0.05, 0.1) is 12.8 Å². The van der Waals surface area contributed by atoms with E-state index < -0.39 is 0 Å². The summed E-state index contributed by atoms with van der Waals surface area (Å²) >= 11 is 0. The van der Waals surface area contributed by atoms with E-state index >= 15 is 0 Å². The van der Waals surface area contributed by atoms with Crippen molar-refractivity contribution in [2.24, 2.45) is 0 Å². The maximum Gasteiger partial charge on any atom is 0.140 e. The lowest BCUT2D eigenvalue weighted by Gasteiger charge is -2.15. The van der Waals surface area contributed by atoms with Crippen LogP contribution in [0.3, 0.4) is 0 Å². The lowest BCUT2D eigenvalue weighted by molar-refractivity contribution is 0.403. The molecule has 0 saturated carbocycles. The fourth-order valence-corrected chi connectivity index (χ4v) is 1.97. The number of aromatic nitrogens is 2. The summed E-state index contributed by atoms with van der Waals surface area (Å²) in [5.41, 5.74) is 3.33. The zero-order valence-corrected chi connectivity index (χ0v) is 9.61. The van der Waals surface area contributed by atoms with Gasteiger partial charge in [-0.2, -0.15) is 0 Å². The van der Waals surface area contributed by atoms with Gasteiger partial charge in [-0.05, 0) is 24.5 Å². The van der Waals surface area contributed by atoms with Crippen molar-refractivity contribution < 1.29 is 4.74 Å². The molecule has 0 aliphatic heterocycles. The van der Waals surface area contributed by atoms with E-state index in [0.717, 1.165) is 17.0 Å². The van der Waals surface area contributed by atoms with Gasteiger partial charge in [-0.3, -0.25) is 4.40 Å². The third kappa shape index (κ3) is 1.48. The fraction of sp³-hybridized carbons (Fsp3) is 0.417. The Morgan fingerprint density at radius 3 is 2.73 bits per heavy atom.